The van der Waals surface area contributed by atoms with Gasteiger partial charge in [0.05, 0.1) is 18.1 Å². The number of carbonyl (C=O) groups excluding carboxylic acids is 2. The molecule has 9 heteroatoms. The Labute approximate surface area is 143 Å². The molecule has 0 saturated carbocycles. The minimum Gasteiger partial charge on any atom is -0.395 e. The van der Waals surface area contributed by atoms with Crippen molar-refractivity contribution >= 4 is 32.6 Å². The van der Waals surface area contributed by atoms with Gasteiger partial charge in [0.2, 0.25) is 10.0 Å². The number of nitrogens with zero attached hydrogens (tertiary/aromatic N) is 1. The van der Waals surface area contributed by atoms with Crippen molar-refractivity contribution in [2.45, 2.75) is 4.90 Å². The van der Waals surface area contributed by atoms with Gasteiger partial charge in [-0.1, -0.05) is 12.1 Å². The number of hydrogen-bond donors (Lipinski definition) is 3. The Balaban J connectivity index is 2.23. The normalized spacial score (nSPS) is 14.2. The fourth-order valence-electron chi connectivity index (χ4n) is 2.88. The van der Waals surface area contributed by atoms with E-state index in [-0.39, 0.29) is 23.5 Å². The summed E-state index contributed by atoms with van der Waals surface area (Å²) >= 11 is 0. The lowest BCUT2D eigenvalue weighted by Gasteiger charge is -2.22. The van der Waals surface area contributed by atoms with Crippen LogP contribution in [0, 0.1) is 0 Å². The quantitative estimate of drug-likeness (QED) is 0.605. The lowest BCUT2D eigenvalue weighted by Crippen LogP contribution is -2.37. The number of carbonyl (C=O) groups is 2. The first-order chi connectivity index (χ1) is 11.9. The Bertz CT molecular complexity index is 964. The van der Waals surface area contributed by atoms with Gasteiger partial charge in [0.25, 0.3) is 11.8 Å². The van der Waals surface area contributed by atoms with Crippen LogP contribution in [0.2, 0.25) is 0 Å². The Hall–Kier alpha value is -2.33. The van der Waals surface area contributed by atoms with Crippen molar-refractivity contribution in [1.82, 2.24) is 9.62 Å². The van der Waals surface area contributed by atoms with E-state index in [4.69, 9.17) is 10.2 Å². The zero-order valence-electron chi connectivity index (χ0n) is 13.1. The molecule has 0 fully saturated rings. The molecule has 0 aromatic heterocycles. The fourth-order valence-corrected chi connectivity index (χ4v) is 4.36. The Morgan fingerprint density at radius 3 is 2.24 bits per heavy atom. The summed E-state index contributed by atoms with van der Waals surface area (Å²) in [5, 5.41) is 21.2. The second-order valence-corrected chi connectivity index (χ2v) is 7.45. The molecule has 132 valence electrons. The van der Waals surface area contributed by atoms with Gasteiger partial charge in [0, 0.05) is 29.6 Å². The van der Waals surface area contributed by atoms with Crippen molar-refractivity contribution in [1.29, 1.82) is 0 Å². The summed E-state index contributed by atoms with van der Waals surface area (Å²) < 4.78 is 26.5. The van der Waals surface area contributed by atoms with Crippen LogP contribution in [-0.2, 0) is 10.0 Å². The van der Waals surface area contributed by atoms with Gasteiger partial charge in [-0.25, -0.2) is 8.42 Å². The molecule has 1 aliphatic rings. The van der Waals surface area contributed by atoms with E-state index in [0.29, 0.717) is 16.3 Å². The van der Waals surface area contributed by atoms with E-state index in [1.54, 1.807) is 18.2 Å². The third-order valence-corrected chi connectivity index (χ3v) is 5.88. The average Bonchev–Trinajstić information content (AvgIpc) is 2.58. The highest BCUT2D eigenvalue weighted by atomic mass is 32.2. The third-order valence-electron chi connectivity index (χ3n) is 4.00. The van der Waals surface area contributed by atoms with Gasteiger partial charge in [-0.05, 0) is 23.6 Å². The van der Waals surface area contributed by atoms with E-state index in [1.165, 1.54) is 12.1 Å². The highest BCUT2D eigenvalue weighted by Crippen LogP contribution is 2.30. The molecule has 3 rings (SSSR count). The third kappa shape index (κ3) is 2.91. The van der Waals surface area contributed by atoms with Crippen molar-refractivity contribution < 1.29 is 28.2 Å². The van der Waals surface area contributed by atoms with Gasteiger partial charge in [-0.3, -0.25) is 14.9 Å². The summed E-state index contributed by atoms with van der Waals surface area (Å²) in [6, 6.07) is 7.38. The van der Waals surface area contributed by atoms with Crippen molar-refractivity contribution in [2.24, 2.45) is 0 Å². The van der Waals surface area contributed by atoms with Gasteiger partial charge in [0.15, 0.2) is 0 Å². The predicted octanol–water partition coefficient (Wildman–Crippen LogP) is -0.301. The number of nitrogens with one attached hydrogen (secondary N) is 1. The summed E-state index contributed by atoms with van der Waals surface area (Å²) in [4.78, 5) is 24.0. The van der Waals surface area contributed by atoms with E-state index < -0.39 is 35.1 Å². The van der Waals surface area contributed by atoms with Crippen LogP contribution in [0.5, 0.6) is 0 Å². The van der Waals surface area contributed by atoms with Gasteiger partial charge in [0.1, 0.15) is 0 Å². The van der Waals surface area contributed by atoms with E-state index in [9.17, 15) is 18.0 Å². The zero-order valence-corrected chi connectivity index (χ0v) is 13.9. The Morgan fingerprint density at radius 2 is 1.60 bits per heavy atom. The van der Waals surface area contributed by atoms with Crippen LogP contribution in [0.25, 0.3) is 10.8 Å². The lowest BCUT2D eigenvalue weighted by atomic mass is 9.95. The number of aliphatic hydroxyl groups is 2. The molecular formula is C16H16N2O6S. The van der Waals surface area contributed by atoms with E-state index in [0.717, 1.165) is 4.31 Å². The minimum atomic E-state index is -4.03. The predicted molar refractivity (Wildman–Crippen MR) is 88.7 cm³/mol. The fraction of sp³-hybridized carbons (Fsp3) is 0.250. The van der Waals surface area contributed by atoms with E-state index in [2.05, 4.69) is 5.32 Å². The molecule has 0 aliphatic carbocycles. The van der Waals surface area contributed by atoms with Crippen LogP contribution >= 0.6 is 0 Å². The van der Waals surface area contributed by atoms with Crippen LogP contribution in [0.4, 0.5) is 0 Å². The standard InChI is InChI=1S/C16H16N2O6S/c19-6-4-18(5-7-20)25(23,24)11-8-10-2-1-3-12-14(10)13(9-11)16(22)17-15(12)21/h1-3,8-9,19-20H,4-7H2,(H,17,21,22). The number of rotatable bonds is 6. The molecule has 2 amide bonds. The summed E-state index contributed by atoms with van der Waals surface area (Å²) in [6.45, 7) is -1.17. The van der Waals surface area contributed by atoms with Crippen molar-refractivity contribution in [3.8, 4) is 0 Å². The molecule has 0 unspecified atom stereocenters. The monoisotopic (exact) mass is 364 g/mol. The van der Waals surface area contributed by atoms with Crippen LogP contribution in [0.1, 0.15) is 20.7 Å². The molecule has 3 N–H and O–H groups in total. The maximum absolute atomic E-state index is 12.8. The molecule has 2 aromatic rings. The summed E-state index contributed by atoms with van der Waals surface area (Å²) in [5.74, 6) is -1.19. The second kappa shape index (κ2) is 6.52. The number of hydrogen-bond acceptors (Lipinski definition) is 6. The average molecular weight is 364 g/mol. The number of sulfonamides is 1. The van der Waals surface area contributed by atoms with Crippen molar-refractivity contribution in [2.75, 3.05) is 26.3 Å². The SMILES string of the molecule is O=C1NC(=O)c2cc(S(=O)(=O)N(CCO)CCO)cc3cccc1c23. The number of imide groups is 1. The van der Waals surface area contributed by atoms with E-state index in [1.807, 2.05) is 0 Å². The van der Waals surface area contributed by atoms with Crippen LogP contribution in [0.3, 0.4) is 0 Å². The maximum atomic E-state index is 12.8. The first kappa shape index (κ1) is 17.5. The molecule has 0 spiro atoms. The molecule has 2 aromatic carbocycles. The number of aliphatic hydroxyl groups excluding tert-OH is 2. The van der Waals surface area contributed by atoms with E-state index >= 15 is 0 Å². The topological polar surface area (TPSA) is 124 Å². The van der Waals surface area contributed by atoms with Crippen LogP contribution in [-0.4, -0.2) is 61.1 Å². The molecule has 8 nitrogen and oxygen atoms in total. The molecular weight excluding hydrogens is 348 g/mol. The lowest BCUT2D eigenvalue weighted by molar-refractivity contribution is 0.0844. The van der Waals surface area contributed by atoms with Gasteiger partial charge >= 0.3 is 0 Å². The molecule has 0 atom stereocenters. The summed E-state index contributed by atoms with van der Waals surface area (Å²) in [7, 11) is -4.03. The molecule has 25 heavy (non-hydrogen) atoms. The first-order valence-electron chi connectivity index (χ1n) is 7.54. The largest absolute Gasteiger partial charge is 0.395 e. The highest BCUT2D eigenvalue weighted by Gasteiger charge is 2.30. The summed E-state index contributed by atoms with van der Waals surface area (Å²) in [5.41, 5.74) is 0.401. The highest BCUT2D eigenvalue weighted by molar-refractivity contribution is 7.89. The summed E-state index contributed by atoms with van der Waals surface area (Å²) in [6.07, 6.45) is 0. The van der Waals surface area contributed by atoms with Gasteiger partial charge in [-0.15, -0.1) is 0 Å². The molecule has 0 saturated heterocycles. The molecule has 1 aliphatic heterocycles. The molecule has 0 radical (unpaired) electrons. The van der Waals surface area contributed by atoms with Crippen LogP contribution in [0.15, 0.2) is 35.2 Å². The Kier molecular flexibility index (Phi) is 4.56. The number of amides is 2. The molecule has 1 heterocycles. The van der Waals surface area contributed by atoms with Crippen molar-refractivity contribution in [3.05, 3.63) is 41.5 Å². The van der Waals surface area contributed by atoms with Gasteiger partial charge < -0.3 is 10.2 Å². The zero-order chi connectivity index (χ0) is 18.2. The second-order valence-electron chi connectivity index (χ2n) is 5.51. The Morgan fingerprint density at radius 1 is 0.960 bits per heavy atom. The van der Waals surface area contributed by atoms with Crippen molar-refractivity contribution in [3.63, 3.8) is 0 Å². The first-order valence-corrected chi connectivity index (χ1v) is 8.98. The van der Waals surface area contributed by atoms with Gasteiger partial charge in [-0.2, -0.15) is 4.31 Å². The minimum absolute atomic E-state index is 0.0965. The van der Waals surface area contributed by atoms with Crippen LogP contribution < -0.4 is 5.32 Å². The maximum Gasteiger partial charge on any atom is 0.258 e. The number of benzene rings is 2. The molecule has 0 bridgehead atoms. The smallest absolute Gasteiger partial charge is 0.258 e.